The number of hydrogen-bond acceptors (Lipinski definition) is 4. The van der Waals surface area contributed by atoms with Crippen LogP contribution in [0, 0.1) is 0 Å². The summed E-state index contributed by atoms with van der Waals surface area (Å²) in [6.07, 6.45) is 0.567. The second kappa shape index (κ2) is 6.16. The molecule has 0 spiro atoms. The second-order valence-corrected chi connectivity index (χ2v) is 7.09. The molecule has 2 atom stereocenters. The molecule has 0 bridgehead atoms. The number of carbonyl (C=O) groups is 1. The van der Waals surface area contributed by atoms with Crippen LogP contribution in [0.15, 0.2) is 53.5 Å². The van der Waals surface area contributed by atoms with Crippen molar-refractivity contribution >= 4 is 11.6 Å². The standard InChI is InChI=1S/C21H22N2O3/c1-14-19(16-9-10-17-18(11-16)26-13-25-17)22-21(2,20(24)23(14)3)12-15-7-5-4-6-8-15/h4-11,14H,12-13H2,1-3H3. The first-order chi connectivity index (χ1) is 12.5. The molecule has 134 valence electrons. The molecule has 0 radical (unpaired) electrons. The number of hydrogen-bond donors (Lipinski definition) is 0. The lowest BCUT2D eigenvalue weighted by atomic mass is 9.87. The summed E-state index contributed by atoms with van der Waals surface area (Å²) >= 11 is 0. The Labute approximate surface area is 153 Å². The molecule has 26 heavy (non-hydrogen) atoms. The molecule has 2 aromatic carbocycles. The number of benzene rings is 2. The number of aliphatic imine (C=N–C) groups is 1. The molecule has 1 amide bonds. The highest BCUT2D eigenvalue weighted by atomic mass is 16.7. The molecule has 5 nitrogen and oxygen atoms in total. The van der Waals surface area contributed by atoms with Gasteiger partial charge in [0.2, 0.25) is 6.79 Å². The molecule has 4 rings (SSSR count). The van der Waals surface area contributed by atoms with Gasteiger partial charge >= 0.3 is 0 Å². The minimum atomic E-state index is -0.825. The lowest BCUT2D eigenvalue weighted by Crippen LogP contribution is -2.56. The predicted octanol–water partition coefficient (Wildman–Crippen LogP) is 3.07. The second-order valence-electron chi connectivity index (χ2n) is 7.09. The van der Waals surface area contributed by atoms with Crippen LogP contribution in [0.1, 0.15) is 25.0 Å². The summed E-state index contributed by atoms with van der Waals surface area (Å²) in [7, 11) is 1.85. The van der Waals surface area contributed by atoms with Gasteiger partial charge < -0.3 is 14.4 Å². The molecule has 2 aliphatic rings. The summed E-state index contributed by atoms with van der Waals surface area (Å²) in [6, 6.07) is 15.7. The average Bonchev–Trinajstić information content (AvgIpc) is 3.12. The van der Waals surface area contributed by atoms with Crippen molar-refractivity contribution in [2.75, 3.05) is 13.8 Å². The molecule has 0 aromatic heterocycles. The van der Waals surface area contributed by atoms with E-state index in [4.69, 9.17) is 14.5 Å². The number of nitrogens with zero attached hydrogens (tertiary/aromatic N) is 2. The zero-order chi connectivity index (χ0) is 18.3. The van der Waals surface area contributed by atoms with Crippen molar-refractivity contribution < 1.29 is 14.3 Å². The van der Waals surface area contributed by atoms with Crippen LogP contribution >= 0.6 is 0 Å². The third-order valence-corrected chi connectivity index (χ3v) is 5.18. The normalized spacial score (nSPS) is 24.6. The van der Waals surface area contributed by atoms with Gasteiger partial charge in [-0.1, -0.05) is 30.3 Å². The number of likely N-dealkylation sites (N-methyl/N-ethyl adjacent to an activating group) is 1. The summed E-state index contributed by atoms with van der Waals surface area (Å²) in [5, 5.41) is 0. The highest BCUT2D eigenvalue weighted by molar-refractivity contribution is 6.10. The number of carbonyl (C=O) groups excluding carboxylic acids is 1. The Hall–Kier alpha value is -2.82. The minimum absolute atomic E-state index is 0.0401. The van der Waals surface area contributed by atoms with E-state index in [-0.39, 0.29) is 18.7 Å². The van der Waals surface area contributed by atoms with Crippen molar-refractivity contribution in [3.05, 3.63) is 59.7 Å². The Kier molecular flexibility index (Phi) is 3.94. The Balaban J connectivity index is 1.76. The van der Waals surface area contributed by atoms with Gasteiger partial charge in [-0.25, -0.2) is 0 Å². The fraction of sp³-hybridized carbons (Fsp3) is 0.333. The molecule has 0 saturated carbocycles. The van der Waals surface area contributed by atoms with E-state index in [9.17, 15) is 4.79 Å². The van der Waals surface area contributed by atoms with Crippen molar-refractivity contribution in [2.45, 2.75) is 31.8 Å². The van der Waals surface area contributed by atoms with Crippen LogP contribution in [-0.4, -0.2) is 41.9 Å². The molecule has 2 aliphatic heterocycles. The number of fused-ring (bicyclic) bond motifs is 1. The van der Waals surface area contributed by atoms with Crippen molar-refractivity contribution in [1.29, 1.82) is 0 Å². The van der Waals surface area contributed by atoms with Crippen molar-refractivity contribution in [2.24, 2.45) is 4.99 Å². The fourth-order valence-corrected chi connectivity index (χ4v) is 3.62. The lowest BCUT2D eigenvalue weighted by Gasteiger charge is -2.39. The van der Waals surface area contributed by atoms with E-state index in [1.165, 1.54) is 0 Å². The monoisotopic (exact) mass is 350 g/mol. The number of amides is 1. The largest absolute Gasteiger partial charge is 0.454 e. The predicted molar refractivity (Wildman–Crippen MR) is 99.9 cm³/mol. The molecule has 0 fully saturated rings. The van der Waals surface area contributed by atoms with E-state index in [0.29, 0.717) is 6.42 Å². The van der Waals surface area contributed by atoms with E-state index in [0.717, 1.165) is 28.3 Å². The Bertz CT molecular complexity index is 878. The average molecular weight is 350 g/mol. The van der Waals surface area contributed by atoms with Crippen LogP contribution in [-0.2, 0) is 11.2 Å². The maximum atomic E-state index is 13.0. The molecule has 5 heteroatoms. The van der Waals surface area contributed by atoms with Gasteiger partial charge in [-0.15, -0.1) is 0 Å². The first-order valence-corrected chi connectivity index (χ1v) is 8.79. The Morgan fingerprint density at radius 2 is 1.88 bits per heavy atom. The van der Waals surface area contributed by atoms with Gasteiger partial charge in [-0.3, -0.25) is 9.79 Å². The molecule has 0 saturated heterocycles. The summed E-state index contributed by atoms with van der Waals surface area (Å²) in [6.45, 7) is 4.16. The fourth-order valence-electron chi connectivity index (χ4n) is 3.62. The zero-order valence-electron chi connectivity index (χ0n) is 15.2. The van der Waals surface area contributed by atoms with Gasteiger partial charge in [0, 0.05) is 19.0 Å². The van der Waals surface area contributed by atoms with E-state index < -0.39 is 5.54 Å². The van der Waals surface area contributed by atoms with Crippen LogP contribution in [0.5, 0.6) is 11.5 Å². The van der Waals surface area contributed by atoms with Crippen molar-refractivity contribution in [3.8, 4) is 11.5 Å². The molecule has 2 aromatic rings. The van der Waals surface area contributed by atoms with Crippen molar-refractivity contribution in [1.82, 2.24) is 4.90 Å². The van der Waals surface area contributed by atoms with Crippen LogP contribution in [0.25, 0.3) is 0 Å². The maximum absolute atomic E-state index is 13.0. The summed E-state index contributed by atoms with van der Waals surface area (Å²) in [5.41, 5.74) is 2.12. The number of rotatable bonds is 3. The van der Waals surface area contributed by atoms with E-state index in [2.05, 4.69) is 0 Å². The van der Waals surface area contributed by atoms with Crippen LogP contribution in [0.4, 0.5) is 0 Å². The Morgan fingerprint density at radius 3 is 2.65 bits per heavy atom. The number of ether oxygens (including phenoxy) is 2. The van der Waals surface area contributed by atoms with E-state index in [1.54, 1.807) is 4.90 Å². The van der Waals surface area contributed by atoms with Crippen LogP contribution in [0.2, 0.25) is 0 Å². The lowest BCUT2D eigenvalue weighted by molar-refractivity contribution is -0.136. The maximum Gasteiger partial charge on any atom is 0.250 e. The van der Waals surface area contributed by atoms with Gasteiger partial charge in [0.05, 0.1) is 11.8 Å². The molecular weight excluding hydrogens is 328 g/mol. The summed E-state index contributed by atoms with van der Waals surface area (Å²) in [5.74, 6) is 1.51. The van der Waals surface area contributed by atoms with Crippen LogP contribution < -0.4 is 9.47 Å². The van der Waals surface area contributed by atoms with Gasteiger partial charge in [-0.2, -0.15) is 0 Å². The first-order valence-electron chi connectivity index (χ1n) is 8.79. The van der Waals surface area contributed by atoms with Gasteiger partial charge in [0.1, 0.15) is 5.54 Å². The van der Waals surface area contributed by atoms with E-state index >= 15 is 0 Å². The smallest absolute Gasteiger partial charge is 0.250 e. The minimum Gasteiger partial charge on any atom is -0.454 e. The quantitative estimate of drug-likeness (QED) is 0.855. The van der Waals surface area contributed by atoms with Crippen molar-refractivity contribution in [3.63, 3.8) is 0 Å². The highest BCUT2D eigenvalue weighted by Crippen LogP contribution is 2.35. The molecule has 0 N–H and O–H groups in total. The molecule has 0 aliphatic carbocycles. The molecule has 2 unspecified atom stereocenters. The first kappa shape index (κ1) is 16.6. The zero-order valence-corrected chi connectivity index (χ0v) is 15.2. The Morgan fingerprint density at radius 1 is 1.15 bits per heavy atom. The summed E-state index contributed by atoms with van der Waals surface area (Å²) < 4.78 is 10.9. The third kappa shape index (κ3) is 2.73. The van der Waals surface area contributed by atoms with E-state index in [1.807, 2.05) is 69.4 Å². The van der Waals surface area contributed by atoms with Crippen LogP contribution in [0.3, 0.4) is 0 Å². The molecular formula is C21H22N2O3. The molecule has 2 heterocycles. The third-order valence-electron chi connectivity index (χ3n) is 5.18. The summed E-state index contributed by atoms with van der Waals surface area (Å²) in [4.78, 5) is 19.7. The van der Waals surface area contributed by atoms with Gasteiger partial charge in [0.25, 0.3) is 5.91 Å². The van der Waals surface area contributed by atoms with Gasteiger partial charge in [0.15, 0.2) is 11.5 Å². The van der Waals surface area contributed by atoms with Gasteiger partial charge in [-0.05, 0) is 37.6 Å². The highest BCUT2D eigenvalue weighted by Gasteiger charge is 2.42. The topological polar surface area (TPSA) is 51.1 Å². The SMILES string of the molecule is CC1C(c2ccc3c(c2)OCO3)=NC(C)(Cc2ccccc2)C(=O)N1C.